The van der Waals surface area contributed by atoms with Crippen molar-refractivity contribution >= 4 is 10.0 Å². The van der Waals surface area contributed by atoms with E-state index in [9.17, 15) is 21.6 Å². The van der Waals surface area contributed by atoms with Gasteiger partial charge in [-0.25, -0.2) is 8.42 Å². The Kier molecular flexibility index (Phi) is 4.96. The molecule has 0 radical (unpaired) electrons. The molecule has 1 N–H and O–H groups in total. The van der Waals surface area contributed by atoms with Crippen molar-refractivity contribution in [1.29, 1.82) is 0 Å². The Bertz CT molecular complexity index is 413. The fourth-order valence-electron chi connectivity index (χ4n) is 3.08. The number of hydrogen-bond donors (Lipinski definition) is 1. The number of rotatable bonds is 4. The monoisotopic (exact) mass is 314 g/mol. The molecule has 2 rings (SSSR count). The standard InChI is InChI=1S/C12H21F3N2O2S/c13-12(14,15)9-17(10-5-7-16-8-6-10)20(18,19)11-3-1-2-4-11/h10-11,16H,1-9H2. The van der Waals surface area contributed by atoms with E-state index in [0.717, 1.165) is 17.1 Å². The number of sulfonamides is 1. The normalized spacial score (nSPS) is 23.6. The minimum Gasteiger partial charge on any atom is -0.317 e. The van der Waals surface area contributed by atoms with Crippen molar-refractivity contribution in [2.45, 2.75) is 56.0 Å². The largest absolute Gasteiger partial charge is 0.402 e. The molecule has 1 saturated carbocycles. The Balaban J connectivity index is 2.20. The molecular weight excluding hydrogens is 293 g/mol. The first-order chi connectivity index (χ1) is 9.31. The van der Waals surface area contributed by atoms with E-state index in [1.807, 2.05) is 0 Å². The summed E-state index contributed by atoms with van der Waals surface area (Å²) in [5.41, 5.74) is 0. The van der Waals surface area contributed by atoms with Crippen LogP contribution in [0.25, 0.3) is 0 Å². The minimum absolute atomic E-state index is 0.446. The Morgan fingerprint density at radius 1 is 1.05 bits per heavy atom. The van der Waals surface area contributed by atoms with E-state index in [1.165, 1.54) is 0 Å². The number of piperidine rings is 1. The van der Waals surface area contributed by atoms with Crippen LogP contribution in [0.5, 0.6) is 0 Å². The second-order valence-corrected chi connectivity index (χ2v) is 7.76. The van der Waals surface area contributed by atoms with Crippen LogP contribution in [-0.4, -0.2) is 49.8 Å². The first kappa shape index (κ1) is 16.0. The van der Waals surface area contributed by atoms with Gasteiger partial charge in [0, 0.05) is 6.04 Å². The highest BCUT2D eigenvalue weighted by Crippen LogP contribution is 2.32. The van der Waals surface area contributed by atoms with E-state index < -0.39 is 34.0 Å². The Morgan fingerprint density at radius 2 is 1.60 bits per heavy atom. The Labute approximate surface area is 117 Å². The summed E-state index contributed by atoms with van der Waals surface area (Å²) in [6.45, 7) is -0.213. The summed E-state index contributed by atoms with van der Waals surface area (Å²) in [7, 11) is -3.85. The van der Waals surface area contributed by atoms with Gasteiger partial charge in [0.2, 0.25) is 10.0 Å². The van der Waals surface area contributed by atoms with Gasteiger partial charge in [-0.15, -0.1) is 0 Å². The highest BCUT2D eigenvalue weighted by molar-refractivity contribution is 7.89. The number of halogens is 3. The van der Waals surface area contributed by atoms with Gasteiger partial charge >= 0.3 is 6.18 Å². The fourth-order valence-corrected chi connectivity index (χ4v) is 5.34. The van der Waals surface area contributed by atoms with Gasteiger partial charge < -0.3 is 5.32 Å². The zero-order chi connectivity index (χ0) is 14.8. The lowest BCUT2D eigenvalue weighted by Gasteiger charge is -2.35. The maximum atomic E-state index is 12.8. The SMILES string of the molecule is O=S(=O)(C1CCCC1)N(CC(F)(F)F)C1CCNCC1. The molecule has 20 heavy (non-hydrogen) atoms. The van der Waals surface area contributed by atoms with Gasteiger partial charge in [-0.1, -0.05) is 12.8 Å². The van der Waals surface area contributed by atoms with Crippen molar-refractivity contribution in [1.82, 2.24) is 9.62 Å². The van der Waals surface area contributed by atoms with Crippen molar-refractivity contribution in [3.8, 4) is 0 Å². The summed E-state index contributed by atoms with van der Waals surface area (Å²) in [6.07, 6.45) is -1.05. The molecule has 8 heteroatoms. The summed E-state index contributed by atoms with van der Waals surface area (Å²) < 4.78 is 64.0. The first-order valence-corrected chi connectivity index (χ1v) is 8.59. The molecular formula is C12H21F3N2O2S. The molecule has 0 aromatic rings. The zero-order valence-electron chi connectivity index (χ0n) is 11.3. The average Bonchev–Trinajstić information content (AvgIpc) is 2.90. The fraction of sp³-hybridized carbons (Fsp3) is 1.00. The number of hydrogen-bond acceptors (Lipinski definition) is 3. The third kappa shape index (κ3) is 3.85. The molecule has 0 aromatic heterocycles. The van der Waals surface area contributed by atoms with Gasteiger partial charge in [0.25, 0.3) is 0 Å². The number of nitrogens with zero attached hydrogens (tertiary/aromatic N) is 1. The molecule has 1 aliphatic heterocycles. The average molecular weight is 314 g/mol. The molecule has 4 nitrogen and oxygen atoms in total. The minimum atomic E-state index is -4.49. The summed E-state index contributed by atoms with van der Waals surface area (Å²) in [5.74, 6) is 0. The lowest BCUT2D eigenvalue weighted by molar-refractivity contribution is -0.140. The van der Waals surface area contributed by atoms with E-state index in [2.05, 4.69) is 5.32 Å². The van der Waals surface area contributed by atoms with Crippen molar-refractivity contribution in [3.63, 3.8) is 0 Å². The number of nitrogens with one attached hydrogen (secondary N) is 1. The molecule has 0 bridgehead atoms. The molecule has 118 valence electrons. The van der Waals surface area contributed by atoms with Crippen molar-refractivity contribution in [2.24, 2.45) is 0 Å². The highest BCUT2D eigenvalue weighted by atomic mass is 32.2. The van der Waals surface area contributed by atoms with Gasteiger partial charge in [-0.05, 0) is 38.8 Å². The second-order valence-electron chi connectivity index (χ2n) is 5.59. The van der Waals surface area contributed by atoms with E-state index in [4.69, 9.17) is 0 Å². The smallest absolute Gasteiger partial charge is 0.317 e. The van der Waals surface area contributed by atoms with Crippen molar-refractivity contribution < 1.29 is 21.6 Å². The third-order valence-corrected chi connectivity index (χ3v) is 6.50. The molecule has 1 heterocycles. The molecule has 1 aliphatic carbocycles. The zero-order valence-corrected chi connectivity index (χ0v) is 12.1. The van der Waals surface area contributed by atoms with E-state index in [1.54, 1.807) is 0 Å². The van der Waals surface area contributed by atoms with Crippen LogP contribution in [0.4, 0.5) is 13.2 Å². The molecule has 0 amide bonds. The molecule has 2 aliphatic rings. The molecule has 2 fully saturated rings. The first-order valence-electron chi connectivity index (χ1n) is 7.09. The quantitative estimate of drug-likeness (QED) is 0.862. The van der Waals surface area contributed by atoms with Gasteiger partial charge in [0.05, 0.1) is 5.25 Å². The highest BCUT2D eigenvalue weighted by Gasteiger charge is 2.44. The lowest BCUT2D eigenvalue weighted by atomic mass is 10.1. The lowest BCUT2D eigenvalue weighted by Crippen LogP contribution is -2.51. The molecule has 0 aromatic carbocycles. The van der Waals surface area contributed by atoms with Crippen LogP contribution in [-0.2, 0) is 10.0 Å². The maximum Gasteiger partial charge on any atom is 0.402 e. The van der Waals surface area contributed by atoms with Crippen LogP contribution in [0.2, 0.25) is 0 Å². The van der Waals surface area contributed by atoms with Crippen LogP contribution in [0.1, 0.15) is 38.5 Å². The van der Waals surface area contributed by atoms with Gasteiger partial charge in [0.1, 0.15) is 6.54 Å². The molecule has 0 unspecified atom stereocenters. The summed E-state index contributed by atoms with van der Waals surface area (Å²) in [6, 6.07) is -0.525. The molecule has 0 spiro atoms. The van der Waals surface area contributed by atoms with Gasteiger partial charge in [-0.2, -0.15) is 17.5 Å². The van der Waals surface area contributed by atoms with E-state index in [-0.39, 0.29) is 0 Å². The van der Waals surface area contributed by atoms with E-state index in [0.29, 0.717) is 38.8 Å². The summed E-state index contributed by atoms with van der Waals surface area (Å²) >= 11 is 0. The van der Waals surface area contributed by atoms with Crippen LogP contribution in [0.3, 0.4) is 0 Å². The van der Waals surface area contributed by atoms with Crippen molar-refractivity contribution in [2.75, 3.05) is 19.6 Å². The van der Waals surface area contributed by atoms with Crippen molar-refractivity contribution in [3.05, 3.63) is 0 Å². The molecule has 1 saturated heterocycles. The topological polar surface area (TPSA) is 49.4 Å². The predicted octanol–water partition coefficient (Wildman–Crippen LogP) is 1.88. The summed E-state index contributed by atoms with van der Waals surface area (Å²) in [5, 5.41) is 2.43. The predicted molar refractivity (Wildman–Crippen MR) is 69.8 cm³/mol. The Hall–Kier alpha value is -0.340. The van der Waals surface area contributed by atoms with Crippen LogP contribution < -0.4 is 5.32 Å². The maximum absolute atomic E-state index is 12.8. The number of alkyl halides is 3. The van der Waals surface area contributed by atoms with Gasteiger partial charge in [0.15, 0.2) is 0 Å². The van der Waals surface area contributed by atoms with Gasteiger partial charge in [-0.3, -0.25) is 0 Å². The van der Waals surface area contributed by atoms with Crippen LogP contribution in [0, 0.1) is 0 Å². The molecule has 0 atom stereocenters. The van der Waals surface area contributed by atoms with Crippen LogP contribution >= 0.6 is 0 Å². The van der Waals surface area contributed by atoms with Crippen LogP contribution in [0.15, 0.2) is 0 Å². The van der Waals surface area contributed by atoms with E-state index >= 15 is 0 Å². The summed E-state index contributed by atoms with van der Waals surface area (Å²) in [4.78, 5) is 0. The Morgan fingerprint density at radius 3 is 2.10 bits per heavy atom. The third-order valence-electron chi connectivity index (χ3n) is 4.10. The second kappa shape index (κ2) is 6.19.